The Morgan fingerprint density at radius 1 is 1.38 bits per heavy atom. The van der Waals surface area contributed by atoms with E-state index in [1.54, 1.807) is 0 Å². The van der Waals surface area contributed by atoms with Gasteiger partial charge in [-0.15, -0.1) is 0 Å². The highest BCUT2D eigenvalue weighted by Gasteiger charge is 2.09. The second-order valence-corrected chi connectivity index (χ2v) is 2.38. The van der Waals surface area contributed by atoms with Gasteiger partial charge >= 0.3 is 6.03 Å². The predicted octanol–water partition coefficient (Wildman–Crippen LogP) is -0.665. The molecule has 1 amide bonds. The summed E-state index contributed by atoms with van der Waals surface area (Å²) in [4.78, 5) is 22.2. The first kappa shape index (κ1) is 7.47. The van der Waals surface area contributed by atoms with Gasteiger partial charge in [0.2, 0.25) is 0 Å². The Hall–Kier alpha value is -2.18. The molecule has 2 heterocycles. The molecule has 7 heteroatoms. The highest BCUT2D eigenvalue weighted by molar-refractivity contribution is 5.89. The van der Waals surface area contributed by atoms with Crippen molar-refractivity contribution in [2.24, 2.45) is 5.73 Å². The van der Waals surface area contributed by atoms with Crippen molar-refractivity contribution in [2.75, 3.05) is 5.73 Å². The summed E-state index contributed by atoms with van der Waals surface area (Å²) >= 11 is 0. The van der Waals surface area contributed by atoms with Crippen LogP contribution >= 0.6 is 0 Å². The normalized spacial score (nSPS) is 10.5. The van der Waals surface area contributed by atoms with Gasteiger partial charge in [-0.2, -0.15) is 0 Å². The van der Waals surface area contributed by atoms with Crippen molar-refractivity contribution in [3.63, 3.8) is 0 Å². The quantitative estimate of drug-likeness (QED) is 0.555. The first-order valence-corrected chi connectivity index (χ1v) is 3.43. The van der Waals surface area contributed by atoms with E-state index in [0.29, 0.717) is 11.2 Å². The molecule has 66 valence electrons. The molecule has 0 aliphatic heterocycles. The third-order valence-electron chi connectivity index (χ3n) is 1.60. The molecule has 0 spiro atoms. The van der Waals surface area contributed by atoms with Crippen molar-refractivity contribution in [2.45, 2.75) is 0 Å². The van der Waals surface area contributed by atoms with Crippen molar-refractivity contribution >= 4 is 23.0 Å². The lowest BCUT2D eigenvalue weighted by Gasteiger charge is -1.95. The van der Waals surface area contributed by atoms with E-state index in [9.17, 15) is 4.79 Å². The number of imidazole rings is 1. The molecular formula is C6H6N6O. The minimum Gasteiger partial charge on any atom is -0.382 e. The first-order valence-electron chi connectivity index (χ1n) is 3.43. The molecule has 4 N–H and O–H groups in total. The Morgan fingerprint density at radius 3 is 2.85 bits per heavy atom. The van der Waals surface area contributed by atoms with Crippen molar-refractivity contribution < 1.29 is 4.79 Å². The van der Waals surface area contributed by atoms with Crippen LogP contribution in [0.4, 0.5) is 10.6 Å². The number of amides is 1. The fourth-order valence-electron chi connectivity index (χ4n) is 1.01. The Kier molecular flexibility index (Phi) is 1.38. The minimum atomic E-state index is -0.652. The SMILES string of the molecule is NC(=O)n1cnc2c(N)ncnc21. The number of fused-ring (bicyclic) bond motifs is 1. The van der Waals surface area contributed by atoms with Gasteiger partial charge in [-0.1, -0.05) is 0 Å². The Bertz CT molecular complexity index is 475. The summed E-state index contributed by atoms with van der Waals surface area (Å²) in [6.07, 6.45) is 2.51. The van der Waals surface area contributed by atoms with Crippen LogP contribution in [0.1, 0.15) is 0 Å². The number of nitrogen functional groups attached to an aromatic ring is 1. The van der Waals surface area contributed by atoms with Crippen LogP contribution in [0, 0.1) is 0 Å². The number of nitrogens with two attached hydrogens (primary N) is 2. The molecule has 0 saturated heterocycles. The van der Waals surface area contributed by atoms with E-state index in [0.717, 1.165) is 4.57 Å². The summed E-state index contributed by atoms with van der Waals surface area (Å²) < 4.78 is 1.10. The van der Waals surface area contributed by atoms with E-state index >= 15 is 0 Å². The third-order valence-corrected chi connectivity index (χ3v) is 1.60. The molecule has 2 aromatic rings. The van der Waals surface area contributed by atoms with Crippen LogP contribution in [0.15, 0.2) is 12.7 Å². The molecule has 0 aromatic carbocycles. The molecule has 0 bridgehead atoms. The summed E-state index contributed by atoms with van der Waals surface area (Å²) in [6, 6.07) is -0.652. The van der Waals surface area contributed by atoms with E-state index in [2.05, 4.69) is 15.0 Å². The molecule has 2 rings (SSSR count). The second kappa shape index (κ2) is 2.41. The Balaban J connectivity index is 2.83. The third kappa shape index (κ3) is 0.975. The zero-order chi connectivity index (χ0) is 9.42. The maximum atomic E-state index is 10.8. The van der Waals surface area contributed by atoms with Crippen molar-refractivity contribution in [1.29, 1.82) is 0 Å². The number of primary amides is 1. The second-order valence-electron chi connectivity index (χ2n) is 2.38. The first-order chi connectivity index (χ1) is 6.20. The van der Waals surface area contributed by atoms with Crippen molar-refractivity contribution in [3.8, 4) is 0 Å². The maximum absolute atomic E-state index is 10.8. The predicted molar refractivity (Wildman–Crippen MR) is 44.7 cm³/mol. The van der Waals surface area contributed by atoms with E-state index in [4.69, 9.17) is 11.5 Å². The zero-order valence-corrected chi connectivity index (χ0v) is 6.51. The average molecular weight is 178 g/mol. The lowest BCUT2D eigenvalue weighted by molar-refractivity contribution is 0.251. The van der Waals surface area contributed by atoms with Gasteiger partial charge in [0.15, 0.2) is 17.0 Å². The van der Waals surface area contributed by atoms with Crippen LogP contribution in [0.3, 0.4) is 0 Å². The Labute approximate surface area is 72.4 Å². The van der Waals surface area contributed by atoms with E-state index < -0.39 is 6.03 Å². The molecule has 0 saturated carbocycles. The van der Waals surface area contributed by atoms with Crippen LogP contribution in [-0.4, -0.2) is 25.6 Å². The lowest BCUT2D eigenvalue weighted by atomic mass is 10.5. The van der Waals surface area contributed by atoms with Crippen LogP contribution in [0.2, 0.25) is 0 Å². The van der Waals surface area contributed by atoms with Crippen LogP contribution < -0.4 is 11.5 Å². The van der Waals surface area contributed by atoms with Gasteiger partial charge in [0.05, 0.1) is 0 Å². The van der Waals surface area contributed by atoms with Gasteiger partial charge in [0.1, 0.15) is 12.7 Å². The monoisotopic (exact) mass is 178 g/mol. The highest BCUT2D eigenvalue weighted by atomic mass is 16.2. The largest absolute Gasteiger partial charge is 0.382 e. The molecule has 2 aromatic heterocycles. The minimum absolute atomic E-state index is 0.227. The Morgan fingerprint density at radius 2 is 2.15 bits per heavy atom. The van der Waals surface area contributed by atoms with Crippen LogP contribution in [0.5, 0.6) is 0 Å². The standard InChI is InChI=1S/C6H6N6O/c7-4-3-5(10-1-9-4)12(2-11-3)6(8)13/h1-2H,(H2,8,13)(H2,7,9,10). The van der Waals surface area contributed by atoms with Gasteiger partial charge < -0.3 is 11.5 Å². The van der Waals surface area contributed by atoms with E-state index in [1.807, 2.05) is 0 Å². The number of nitrogens with zero attached hydrogens (tertiary/aromatic N) is 4. The summed E-state index contributed by atoms with van der Waals surface area (Å²) in [7, 11) is 0. The number of carbonyl (C=O) groups excluding carboxylic acids is 1. The summed E-state index contributed by atoms with van der Waals surface area (Å²) in [6.45, 7) is 0. The average Bonchev–Trinajstić information content (AvgIpc) is 2.48. The number of rotatable bonds is 0. The van der Waals surface area contributed by atoms with Crippen LogP contribution in [0.25, 0.3) is 11.2 Å². The molecular weight excluding hydrogens is 172 g/mol. The number of aromatic nitrogens is 4. The van der Waals surface area contributed by atoms with E-state index in [1.165, 1.54) is 12.7 Å². The van der Waals surface area contributed by atoms with Gasteiger partial charge in [-0.3, -0.25) is 0 Å². The number of anilines is 1. The van der Waals surface area contributed by atoms with Gasteiger partial charge in [-0.05, 0) is 0 Å². The fraction of sp³-hybridized carbons (Fsp3) is 0. The molecule has 7 nitrogen and oxygen atoms in total. The zero-order valence-electron chi connectivity index (χ0n) is 6.51. The molecule has 0 aliphatic carbocycles. The van der Waals surface area contributed by atoms with Gasteiger partial charge in [0, 0.05) is 0 Å². The molecule has 0 unspecified atom stereocenters. The van der Waals surface area contributed by atoms with E-state index in [-0.39, 0.29) is 5.82 Å². The summed E-state index contributed by atoms with van der Waals surface area (Å²) in [5, 5.41) is 0. The molecule has 13 heavy (non-hydrogen) atoms. The smallest absolute Gasteiger partial charge is 0.325 e. The van der Waals surface area contributed by atoms with Crippen molar-refractivity contribution in [1.82, 2.24) is 19.5 Å². The topological polar surface area (TPSA) is 113 Å². The molecule has 0 aliphatic rings. The molecule has 0 atom stereocenters. The maximum Gasteiger partial charge on any atom is 0.325 e. The summed E-state index contributed by atoms with van der Waals surface area (Å²) in [5.74, 6) is 0.227. The van der Waals surface area contributed by atoms with Gasteiger partial charge in [-0.25, -0.2) is 24.3 Å². The molecule has 0 radical (unpaired) electrons. The summed E-state index contributed by atoms with van der Waals surface area (Å²) in [5.41, 5.74) is 11.2. The fourth-order valence-corrected chi connectivity index (χ4v) is 1.01. The highest BCUT2D eigenvalue weighted by Crippen LogP contribution is 2.12. The molecule has 0 fully saturated rings. The number of hydrogen-bond donors (Lipinski definition) is 2. The van der Waals surface area contributed by atoms with Crippen molar-refractivity contribution in [3.05, 3.63) is 12.7 Å². The number of hydrogen-bond acceptors (Lipinski definition) is 5. The van der Waals surface area contributed by atoms with Gasteiger partial charge in [0.25, 0.3) is 0 Å². The van der Waals surface area contributed by atoms with Crippen LogP contribution in [-0.2, 0) is 0 Å². The number of carbonyl (C=O) groups is 1. The lowest BCUT2D eigenvalue weighted by Crippen LogP contribution is -2.18.